The van der Waals surface area contributed by atoms with Crippen molar-refractivity contribution in [1.82, 2.24) is 15.2 Å². The number of benzene rings is 2. The van der Waals surface area contributed by atoms with E-state index in [-0.39, 0.29) is 17.7 Å². The van der Waals surface area contributed by atoms with Gasteiger partial charge >= 0.3 is 0 Å². The number of hydrogen-bond donors (Lipinski definition) is 3. The second-order valence-corrected chi connectivity index (χ2v) is 7.51. The Morgan fingerprint density at radius 1 is 1.07 bits per heavy atom. The van der Waals surface area contributed by atoms with Crippen LogP contribution in [0.4, 0.5) is 10.9 Å². The molecule has 7 nitrogen and oxygen atoms in total. The smallest absolute Gasteiger partial charge is 0.257 e. The summed E-state index contributed by atoms with van der Waals surface area (Å²) in [4.78, 5) is 29.0. The van der Waals surface area contributed by atoms with Crippen LogP contribution in [0.25, 0.3) is 21.1 Å². The summed E-state index contributed by atoms with van der Waals surface area (Å²) in [6.07, 6.45) is 1.87. The minimum absolute atomic E-state index is 0.000651. The van der Waals surface area contributed by atoms with E-state index in [2.05, 4.69) is 25.8 Å². The number of carbonyl (C=O) groups excluding carboxylic acids is 2. The number of anilines is 2. The van der Waals surface area contributed by atoms with E-state index in [4.69, 9.17) is 0 Å². The van der Waals surface area contributed by atoms with Gasteiger partial charge in [-0.25, -0.2) is 4.98 Å². The SMILES string of the molecule is O=C(Nc1n[nH]c2nc(NC(=O)C3CC3)sc12)c1cccc2ccccc12. The Morgan fingerprint density at radius 3 is 2.74 bits per heavy atom. The zero-order valence-electron chi connectivity index (χ0n) is 14.2. The lowest BCUT2D eigenvalue weighted by molar-refractivity contribution is -0.117. The second-order valence-electron chi connectivity index (χ2n) is 6.51. The number of thiazole rings is 1. The molecule has 0 aliphatic heterocycles. The molecule has 5 rings (SSSR count). The molecule has 2 aromatic heterocycles. The predicted molar refractivity (Wildman–Crippen MR) is 105 cm³/mol. The molecule has 8 heteroatoms. The van der Waals surface area contributed by atoms with Crippen LogP contribution in [0, 0.1) is 5.92 Å². The topological polar surface area (TPSA) is 99.8 Å². The van der Waals surface area contributed by atoms with Crippen LogP contribution in [0.3, 0.4) is 0 Å². The molecule has 0 bridgehead atoms. The minimum Gasteiger partial charge on any atom is -0.304 e. The first-order chi connectivity index (χ1) is 13.2. The molecular formula is C19H15N5O2S. The minimum atomic E-state index is -0.239. The molecule has 27 heavy (non-hydrogen) atoms. The third kappa shape index (κ3) is 2.93. The van der Waals surface area contributed by atoms with Crippen molar-refractivity contribution in [3.05, 3.63) is 48.0 Å². The lowest BCUT2D eigenvalue weighted by atomic mass is 10.0. The normalized spacial score (nSPS) is 13.8. The summed E-state index contributed by atoms with van der Waals surface area (Å²) in [5.74, 6) is 0.279. The summed E-state index contributed by atoms with van der Waals surface area (Å²) < 4.78 is 0.703. The van der Waals surface area contributed by atoms with Crippen molar-refractivity contribution in [3.8, 4) is 0 Å². The van der Waals surface area contributed by atoms with Crippen LogP contribution in [0.2, 0.25) is 0 Å². The number of aromatic nitrogens is 3. The molecule has 0 spiro atoms. The first-order valence-corrected chi connectivity index (χ1v) is 9.45. The monoisotopic (exact) mass is 377 g/mol. The van der Waals surface area contributed by atoms with Gasteiger partial charge in [0.1, 0.15) is 4.70 Å². The average Bonchev–Trinajstić information content (AvgIpc) is 3.37. The van der Waals surface area contributed by atoms with E-state index in [9.17, 15) is 9.59 Å². The van der Waals surface area contributed by atoms with Gasteiger partial charge in [0.15, 0.2) is 16.6 Å². The maximum atomic E-state index is 12.8. The molecule has 2 amide bonds. The lowest BCUT2D eigenvalue weighted by Crippen LogP contribution is -2.13. The highest BCUT2D eigenvalue weighted by Crippen LogP contribution is 2.34. The number of fused-ring (bicyclic) bond motifs is 2. The fourth-order valence-electron chi connectivity index (χ4n) is 3.01. The molecule has 0 unspecified atom stereocenters. The van der Waals surface area contributed by atoms with Gasteiger partial charge in [-0.05, 0) is 29.7 Å². The first kappa shape index (κ1) is 16.0. The summed E-state index contributed by atoms with van der Waals surface area (Å²) in [6.45, 7) is 0. The van der Waals surface area contributed by atoms with E-state index in [1.807, 2.05) is 36.4 Å². The Morgan fingerprint density at radius 2 is 1.89 bits per heavy atom. The van der Waals surface area contributed by atoms with Crippen molar-refractivity contribution in [2.75, 3.05) is 10.6 Å². The molecule has 2 aromatic carbocycles. The van der Waals surface area contributed by atoms with Gasteiger partial charge in [-0.1, -0.05) is 47.7 Å². The first-order valence-electron chi connectivity index (χ1n) is 8.64. The number of nitrogens with one attached hydrogen (secondary N) is 3. The number of nitrogens with zero attached hydrogens (tertiary/aromatic N) is 2. The van der Waals surface area contributed by atoms with E-state index in [0.717, 1.165) is 23.6 Å². The second kappa shape index (κ2) is 6.17. The van der Waals surface area contributed by atoms with Crippen LogP contribution >= 0.6 is 11.3 Å². The van der Waals surface area contributed by atoms with Crippen LogP contribution in [-0.2, 0) is 4.79 Å². The number of amides is 2. The molecular weight excluding hydrogens is 362 g/mol. The Kier molecular flexibility index (Phi) is 3.64. The highest BCUT2D eigenvalue weighted by molar-refractivity contribution is 7.22. The number of rotatable bonds is 4. The number of hydrogen-bond acceptors (Lipinski definition) is 5. The van der Waals surface area contributed by atoms with Crippen molar-refractivity contribution in [1.29, 1.82) is 0 Å². The highest BCUT2D eigenvalue weighted by Gasteiger charge is 2.30. The third-order valence-corrected chi connectivity index (χ3v) is 5.54. The summed E-state index contributed by atoms with van der Waals surface area (Å²) in [7, 11) is 0. The van der Waals surface area contributed by atoms with Gasteiger partial charge in [0.25, 0.3) is 5.91 Å². The molecule has 0 atom stereocenters. The van der Waals surface area contributed by atoms with Gasteiger partial charge in [0.2, 0.25) is 5.91 Å². The Labute approximate surface area is 157 Å². The molecule has 1 aliphatic rings. The zero-order chi connectivity index (χ0) is 18.4. The Balaban J connectivity index is 1.42. The number of carbonyl (C=O) groups is 2. The van der Waals surface area contributed by atoms with E-state index in [0.29, 0.717) is 26.9 Å². The van der Waals surface area contributed by atoms with Gasteiger partial charge in [0, 0.05) is 11.5 Å². The van der Waals surface area contributed by atoms with E-state index in [1.165, 1.54) is 11.3 Å². The van der Waals surface area contributed by atoms with Gasteiger partial charge in [-0.15, -0.1) is 0 Å². The average molecular weight is 377 g/mol. The van der Waals surface area contributed by atoms with Gasteiger partial charge in [0.05, 0.1) is 0 Å². The van der Waals surface area contributed by atoms with Crippen molar-refractivity contribution in [2.45, 2.75) is 12.8 Å². The standard InChI is InChI=1S/C19H15N5O2S/c25-17(11-8-9-11)22-19-21-16-14(27-19)15(23-24-16)20-18(26)13-7-3-5-10-4-1-2-6-12(10)13/h1-7,11H,8-9H2,(H3,20,21,22,23,24,25,26). The molecule has 0 radical (unpaired) electrons. The summed E-state index contributed by atoms with van der Waals surface area (Å²) in [5, 5.41) is 15.0. The maximum Gasteiger partial charge on any atom is 0.257 e. The highest BCUT2D eigenvalue weighted by atomic mass is 32.1. The summed E-state index contributed by atoms with van der Waals surface area (Å²) in [6, 6.07) is 13.3. The van der Waals surface area contributed by atoms with Crippen LogP contribution in [0.15, 0.2) is 42.5 Å². The van der Waals surface area contributed by atoms with Crippen LogP contribution in [-0.4, -0.2) is 27.0 Å². The van der Waals surface area contributed by atoms with Crippen molar-refractivity contribution >= 4 is 55.2 Å². The summed E-state index contributed by atoms with van der Waals surface area (Å²) >= 11 is 1.29. The van der Waals surface area contributed by atoms with Crippen molar-refractivity contribution in [3.63, 3.8) is 0 Å². The molecule has 3 N–H and O–H groups in total. The van der Waals surface area contributed by atoms with Crippen molar-refractivity contribution in [2.24, 2.45) is 5.92 Å². The van der Waals surface area contributed by atoms with Crippen LogP contribution < -0.4 is 10.6 Å². The maximum absolute atomic E-state index is 12.8. The van der Waals surface area contributed by atoms with E-state index >= 15 is 0 Å². The van der Waals surface area contributed by atoms with E-state index in [1.54, 1.807) is 6.07 Å². The molecule has 134 valence electrons. The Bertz CT molecular complexity index is 1190. The molecule has 1 fully saturated rings. The lowest BCUT2D eigenvalue weighted by Gasteiger charge is -2.06. The molecule has 4 aromatic rings. The van der Waals surface area contributed by atoms with Gasteiger partial charge in [-0.3, -0.25) is 14.7 Å². The molecule has 2 heterocycles. The predicted octanol–water partition coefficient (Wildman–Crippen LogP) is 3.77. The fraction of sp³-hybridized carbons (Fsp3) is 0.158. The Hall–Kier alpha value is -3.26. The largest absolute Gasteiger partial charge is 0.304 e. The van der Waals surface area contributed by atoms with Gasteiger partial charge < -0.3 is 10.6 Å². The van der Waals surface area contributed by atoms with Crippen molar-refractivity contribution < 1.29 is 9.59 Å². The van der Waals surface area contributed by atoms with Crippen LogP contribution in [0.1, 0.15) is 23.2 Å². The number of aromatic amines is 1. The summed E-state index contributed by atoms with van der Waals surface area (Å²) in [5.41, 5.74) is 1.12. The quantitative estimate of drug-likeness (QED) is 0.504. The van der Waals surface area contributed by atoms with E-state index < -0.39 is 0 Å². The fourth-order valence-corrected chi connectivity index (χ4v) is 3.87. The molecule has 0 saturated heterocycles. The zero-order valence-corrected chi connectivity index (χ0v) is 15.0. The third-order valence-electron chi connectivity index (χ3n) is 4.56. The number of H-pyrrole nitrogens is 1. The molecule has 1 saturated carbocycles. The van der Waals surface area contributed by atoms with Crippen LogP contribution in [0.5, 0.6) is 0 Å². The van der Waals surface area contributed by atoms with Gasteiger partial charge in [-0.2, -0.15) is 5.10 Å². The molecule has 1 aliphatic carbocycles.